The second-order valence-electron chi connectivity index (χ2n) is 3.96. The lowest BCUT2D eigenvalue weighted by molar-refractivity contribution is 0.0767. The standard InChI is InChI=1S/C10H22N2OS/c1-12(5-6-13-2)10(9-11)3-7-14-8-4-10/h3-9,11H2,1-2H3. The molecule has 0 atom stereocenters. The lowest BCUT2D eigenvalue weighted by Crippen LogP contribution is -2.55. The summed E-state index contributed by atoms with van der Waals surface area (Å²) in [6.07, 6.45) is 2.43. The van der Waals surface area contributed by atoms with Crippen LogP contribution in [0, 0.1) is 0 Å². The van der Waals surface area contributed by atoms with Crippen molar-refractivity contribution in [2.75, 3.05) is 45.4 Å². The van der Waals surface area contributed by atoms with Gasteiger partial charge in [0.05, 0.1) is 6.61 Å². The average Bonchev–Trinajstić information content (AvgIpc) is 2.26. The van der Waals surface area contributed by atoms with Crippen molar-refractivity contribution in [1.29, 1.82) is 0 Å². The van der Waals surface area contributed by atoms with Crippen LogP contribution in [0.25, 0.3) is 0 Å². The maximum Gasteiger partial charge on any atom is 0.0589 e. The van der Waals surface area contributed by atoms with Crippen molar-refractivity contribution in [3.8, 4) is 0 Å². The molecule has 0 aromatic rings. The SMILES string of the molecule is COCCN(C)C1(CN)CCSCC1. The summed E-state index contributed by atoms with van der Waals surface area (Å²) in [5, 5.41) is 0. The zero-order chi connectivity index (χ0) is 10.4. The van der Waals surface area contributed by atoms with E-state index in [2.05, 4.69) is 11.9 Å². The molecule has 1 heterocycles. The van der Waals surface area contributed by atoms with Crippen molar-refractivity contribution >= 4 is 11.8 Å². The minimum Gasteiger partial charge on any atom is -0.383 e. The van der Waals surface area contributed by atoms with Crippen LogP contribution in [-0.4, -0.2) is 55.8 Å². The van der Waals surface area contributed by atoms with Crippen LogP contribution < -0.4 is 5.73 Å². The van der Waals surface area contributed by atoms with E-state index in [9.17, 15) is 0 Å². The molecule has 1 rings (SSSR count). The molecule has 2 N–H and O–H groups in total. The number of hydrogen-bond donors (Lipinski definition) is 1. The van der Waals surface area contributed by atoms with Gasteiger partial charge in [-0.1, -0.05) is 0 Å². The van der Waals surface area contributed by atoms with Crippen molar-refractivity contribution in [3.05, 3.63) is 0 Å². The Morgan fingerprint density at radius 1 is 1.43 bits per heavy atom. The van der Waals surface area contributed by atoms with E-state index >= 15 is 0 Å². The van der Waals surface area contributed by atoms with Crippen LogP contribution in [0.4, 0.5) is 0 Å². The monoisotopic (exact) mass is 218 g/mol. The summed E-state index contributed by atoms with van der Waals surface area (Å²) in [4.78, 5) is 2.39. The Morgan fingerprint density at radius 2 is 2.07 bits per heavy atom. The molecule has 0 saturated carbocycles. The van der Waals surface area contributed by atoms with Gasteiger partial charge < -0.3 is 10.5 Å². The van der Waals surface area contributed by atoms with Crippen LogP contribution in [0.3, 0.4) is 0 Å². The highest BCUT2D eigenvalue weighted by molar-refractivity contribution is 7.99. The van der Waals surface area contributed by atoms with Crippen LogP contribution in [0.2, 0.25) is 0 Å². The largest absolute Gasteiger partial charge is 0.383 e. The number of ether oxygens (including phenoxy) is 1. The predicted molar refractivity (Wildman–Crippen MR) is 62.9 cm³/mol. The lowest BCUT2D eigenvalue weighted by Gasteiger charge is -2.43. The molecule has 0 bridgehead atoms. The number of rotatable bonds is 5. The third kappa shape index (κ3) is 2.86. The number of thioether (sulfide) groups is 1. The average molecular weight is 218 g/mol. The number of nitrogens with zero attached hydrogens (tertiary/aromatic N) is 1. The Morgan fingerprint density at radius 3 is 2.57 bits per heavy atom. The van der Waals surface area contributed by atoms with Gasteiger partial charge in [-0.15, -0.1) is 0 Å². The third-order valence-electron chi connectivity index (χ3n) is 3.24. The highest BCUT2D eigenvalue weighted by atomic mass is 32.2. The van der Waals surface area contributed by atoms with Crippen molar-refractivity contribution in [1.82, 2.24) is 4.90 Å². The molecule has 3 nitrogen and oxygen atoms in total. The fraction of sp³-hybridized carbons (Fsp3) is 1.00. The van der Waals surface area contributed by atoms with E-state index in [1.165, 1.54) is 24.3 Å². The quantitative estimate of drug-likeness (QED) is 0.740. The maximum absolute atomic E-state index is 5.92. The minimum atomic E-state index is 0.240. The molecule has 14 heavy (non-hydrogen) atoms. The van der Waals surface area contributed by atoms with E-state index in [4.69, 9.17) is 10.5 Å². The van der Waals surface area contributed by atoms with Gasteiger partial charge in [0.2, 0.25) is 0 Å². The van der Waals surface area contributed by atoms with Gasteiger partial charge in [-0.3, -0.25) is 4.90 Å². The highest BCUT2D eigenvalue weighted by Crippen LogP contribution is 2.30. The summed E-state index contributed by atoms with van der Waals surface area (Å²) < 4.78 is 5.11. The Labute approximate surface area is 91.4 Å². The van der Waals surface area contributed by atoms with E-state index in [0.29, 0.717) is 0 Å². The summed E-state index contributed by atoms with van der Waals surface area (Å²) in [5.74, 6) is 2.49. The number of methoxy groups -OCH3 is 1. The van der Waals surface area contributed by atoms with Gasteiger partial charge in [0.15, 0.2) is 0 Å². The summed E-state index contributed by atoms with van der Waals surface area (Å²) in [5.41, 5.74) is 6.16. The summed E-state index contributed by atoms with van der Waals surface area (Å²) in [6, 6.07) is 0. The van der Waals surface area contributed by atoms with Crippen molar-refractivity contribution < 1.29 is 4.74 Å². The summed E-state index contributed by atoms with van der Waals surface area (Å²) >= 11 is 2.04. The van der Waals surface area contributed by atoms with E-state index < -0.39 is 0 Å². The number of likely N-dealkylation sites (N-methyl/N-ethyl adjacent to an activating group) is 1. The molecule has 0 aromatic heterocycles. The molecule has 0 spiro atoms. The molecule has 0 aliphatic carbocycles. The van der Waals surface area contributed by atoms with Crippen LogP contribution in [-0.2, 0) is 4.74 Å². The van der Waals surface area contributed by atoms with Crippen LogP contribution in [0.1, 0.15) is 12.8 Å². The summed E-state index contributed by atoms with van der Waals surface area (Å²) in [7, 11) is 3.92. The molecule has 84 valence electrons. The number of nitrogens with two attached hydrogens (primary N) is 1. The van der Waals surface area contributed by atoms with E-state index in [1.54, 1.807) is 7.11 Å². The minimum absolute atomic E-state index is 0.240. The smallest absolute Gasteiger partial charge is 0.0589 e. The molecular formula is C10H22N2OS. The van der Waals surface area contributed by atoms with E-state index in [1.807, 2.05) is 11.8 Å². The first kappa shape index (κ1) is 12.3. The molecule has 1 fully saturated rings. The second-order valence-corrected chi connectivity index (χ2v) is 5.18. The topological polar surface area (TPSA) is 38.5 Å². The van der Waals surface area contributed by atoms with Gasteiger partial charge >= 0.3 is 0 Å². The Bertz CT molecular complexity index is 160. The van der Waals surface area contributed by atoms with Crippen molar-refractivity contribution in [3.63, 3.8) is 0 Å². The molecule has 4 heteroatoms. The summed E-state index contributed by atoms with van der Waals surface area (Å²) in [6.45, 7) is 2.55. The Hall–Kier alpha value is 0.230. The third-order valence-corrected chi connectivity index (χ3v) is 4.23. The van der Waals surface area contributed by atoms with Gasteiger partial charge in [0.1, 0.15) is 0 Å². The van der Waals surface area contributed by atoms with E-state index in [0.717, 1.165) is 19.7 Å². The van der Waals surface area contributed by atoms with Gasteiger partial charge in [0, 0.05) is 25.7 Å². The molecule has 1 saturated heterocycles. The normalized spacial score (nSPS) is 21.4. The van der Waals surface area contributed by atoms with Gasteiger partial charge in [-0.2, -0.15) is 11.8 Å². The van der Waals surface area contributed by atoms with Gasteiger partial charge in [-0.25, -0.2) is 0 Å². The molecule has 0 unspecified atom stereocenters. The fourth-order valence-electron chi connectivity index (χ4n) is 1.96. The fourth-order valence-corrected chi connectivity index (χ4v) is 3.21. The van der Waals surface area contributed by atoms with Gasteiger partial charge in [0.25, 0.3) is 0 Å². The first-order valence-electron chi connectivity index (χ1n) is 5.23. The zero-order valence-electron chi connectivity index (χ0n) is 9.29. The van der Waals surface area contributed by atoms with E-state index in [-0.39, 0.29) is 5.54 Å². The predicted octanol–water partition coefficient (Wildman–Crippen LogP) is 0.789. The molecule has 0 aromatic carbocycles. The van der Waals surface area contributed by atoms with Crippen LogP contribution >= 0.6 is 11.8 Å². The lowest BCUT2D eigenvalue weighted by atomic mass is 9.90. The zero-order valence-corrected chi connectivity index (χ0v) is 10.1. The molecule has 0 amide bonds. The Balaban J connectivity index is 2.48. The van der Waals surface area contributed by atoms with Gasteiger partial charge in [-0.05, 0) is 31.4 Å². The highest BCUT2D eigenvalue weighted by Gasteiger charge is 2.34. The number of hydrogen-bond acceptors (Lipinski definition) is 4. The molecule has 1 aliphatic rings. The van der Waals surface area contributed by atoms with Crippen molar-refractivity contribution in [2.45, 2.75) is 18.4 Å². The second kappa shape index (κ2) is 5.95. The Kier molecular flexibility index (Phi) is 5.23. The molecule has 1 aliphatic heterocycles. The van der Waals surface area contributed by atoms with Crippen LogP contribution in [0.5, 0.6) is 0 Å². The van der Waals surface area contributed by atoms with Crippen molar-refractivity contribution in [2.24, 2.45) is 5.73 Å². The molecule has 0 radical (unpaired) electrons. The first-order chi connectivity index (χ1) is 6.75. The maximum atomic E-state index is 5.92. The molecular weight excluding hydrogens is 196 g/mol. The van der Waals surface area contributed by atoms with Crippen LogP contribution in [0.15, 0.2) is 0 Å². The first-order valence-corrected chi connectivity index (χ1v) is 6.38.